The maximum Gasteiger partial charge on any atom is 0.306 e. The van der Waals surface area contributed by atoms with Gasteiger partial charge in [-0.1, -0.05) is 231 Å². The Hall–Kier alpha value is -2.11. The monoisotopic (exact) mass is 859 g/mol. The van der Waals surface area contributed by atoms with E-state index in [1.165, 1.54) is 173 Å². The highest BCUT2D eigenvalue weighted by Crippen LogP contribution is 2.16. The number of esters is 3. The molecule has 1 atom stereocenters. The second-order valence-corrected chi connectivity index (χ2v) is 18.1. The molecule has 0 aliphatic rings. The van der Waals surface area contributed by atoms with Crippen LogP contribution in [0.25, 0.3) is 0 Å². The number of carbonyl (C=O) groups excluding carboxylic acids is 3. The zero-order valence-electron chi connectivity index (χ0n) is 40.9. The molecule has 0 radical (unpaired) electrons. The van der Waals surface area contributed by atoms with Crippen LogP contribution < -0.4 is 0 Å². The Morgan fingerprint density at radius 2 is 0.574 bits per heavy atom. The largest absolute Gasteiger partial charge is 0.462 e. The second-order valence-electron chi connectivity index (χ2n) is 18.1. The van der Waals surface area contributed by atoms with Crippen molar-refractivity contribution >= 4 is 17.9 Å². The fourth-order valence-electron chi connectivity index (χ4n) is 7.85. The van der Waals surface area contributed by atoms with Crippen LogP contribution in [0, 0.1) is 0 Å². The maximum absolute atomic E-state index is 12.7. The Balaban J connectivity index is 3.96. The van der Waals surface area contributed by atoms with E-state index in [2.05, 4.69) is 45.1 Å². The first-order valence-electron chi connectivity index (χ1n) is 26.8. The topological polar surface area (TPSA) is 78.9 Å². The predicted molar refractivity (Wildman–Crippen MR) is 261 cm³/mol. The molecule has 1 unspecified atom stereocenters. The van der Waals surface area contributed by atoms with Crippen molar-refractivity contribution in [1.29, 1.82) is 0 Å². The van der Waals surface area contributed by atoms with E-state index < -0.39 is 6.10 Å². The lowest BCUT2D eigenvalue weighted by Gasteiger charge is -2.18. The van der Waals surface area contributed by atoms with Crippen molar-refractivity contribution in [2.24, 2.45) is 0 Å². The van der Waals surface area contributed by atoms with Crippen LogP contribution in [0.5, 0.6) is 0 Å². The van der Waals surface area contributed by atoms with Gasteiger partial charge in [0.05, 0.1) is 0 Å². The molecule has 6 heteroatoms. The summed E-state index contributed by atoms with van der Waals surface area (Å²) in [7, 11) is 0. The quantitative estimate of drug-likeness (QED) is 0.0262. The van der Waals surface area contributed by atoms with E-state index in [1.54, 1.807) is 0 Å². The molecule has 0 rings (SSSR count). The van der Waals surface area contributed by atoms with Crippen molar-refractivity contribution in [1.82, 2.24) is 0 Å². The Bertz CT molecular complexity index is 989. The molecule has 61 heavy (non-hydrogen) atoms. The number of ether oxygens (including phenoxy) is 3. The van der Waals surface area contributed by atoms with Gasteiger partial charge >= 0.3 is 17.9 Å². The van der Waals surface area contributed by atoms with Crippen molar-refractivity contribution < 1.29 is 28.6 Å². The lowest BCUT2D eigenvalue weighted by atomic mass is 10.0. The maximum atomic E-state index is 12.7. The molecule has 0 N–H and O–H groups in total. The van der Waals surface area contributed by atoms with Crippen LogP contribution in [0.3, 0.4) is 0 Å². The highest BCUT2D eigenvalue weighted by molar-refractivity contribution is 5.71. The molecule has 0 bridgehead atoms. The molecule has 0 aromatic heterocycles. The standard InChI is InChI=1S/C55H102O6/c1-4-7-10-13-16-18-20-21-22-23-24-25-26-27-28-29-30-31-32-33-34-35-36-38-39-42-45-48-54(57)60-51-52(50-59-53(56)47-44-41-15-12-9-6-3)61-55(58)49-46-43-40-37-19-17-14-11-8-5-2/h11,14,23-24,52H,4-10,12-13,15-22,25-51H2,1-3H3/b14-11-,24-23-. The van der Waals surface area contributed by atoms with E-state index in [0.29, 0.717) is 19.3 Å². The number of hydrogen-bond donors (Lipinski definition) is 0. The molecular formula is C55H102O6. The Morgan fingerprint density at radius 3 is 0.885 bits per heavy atom. The van der Waals surface area contributed by atoms with E-state index >= 15 is 0 Å². The molecule has 0 saturated heterocycles. The lowest BCUT2D eigenvalue weighted by molar-refractivity contribution is -0.167. The number of rotatable bonds is 49. The average molecular weight is 859 g/mol. The molecule has 0 amide bonds. The first-order chi connectivity index (χ1) is 30.0. The summed E-state index contributed by atoms with van der Waals surface area (Å²) in [6, 6.07) is 0. The van der Waals surface area contributed by atoms with Crippen LogP contribution in [0.2, 0.25) is 0 Å². The molecular weight excluding hydrogens is 757 g/mol. The normalized spacial score (nSPS) is 12.1. The second kappa shape index (κ2) is 50.5. The summed E-state index contributed by atoms with van der Waals surface area (Å²) >= 11 is 0. The molecule has 0 fully saturated rings. The molecule has 0 aromatic rings. The van der Waals surface area contributed by atoms with E-state index in [4.69, 9.17) is 14.2 Å². The molecule has 0 aliphatic carbocycles. The van der Waals surface area contributed by atoms with Crippen LogP contribution >= 0.6 is 0 Å². The van der Waals surface area contributed by atoms with Crippen LogP contribution in [0.15, 0.2) is 24.3 Å². The zero-order chi connectivity index (χ0) is 44.4. The minimum atomic E-state index is -0.767. The van der Waals surface area contributed by atoms with Gasteiger partial charge in [-0.2, -0.15) is 0 Å². The first-order valence-corrected chi connectivity index (χ1v) is 26.8. The molecule has 6 nitrogen and oxygen atoms in total. The van der Waals surface area contributed by atoms with E-state index in [-0.39, 0.29) is 31.1 Å². The third-order valence-electron chi connectivity index (χ3n) is 11.9. The molecule has 0 aliphatic heterocycles. The molecule has 0 saturated carbocycles. The van der Waals surface area contributed by atoms with Crippen molar-refractivity contribution in [3.05, 3.63) is 24.3 Å². The van der Waals surface area contributed by atoms with Gasteiger partial charge in [-0.15, -0.1) is 0 Å². The summed E-state index contributed by atoms with van der Waals surface area (Å²) < 4.78 is 16.7. The van der Waals surface area contributed by atoms with Gasteiger partial charge in [0.15, 0.2) is 6.10 Å². The van der Waals surface area contributed by atoms with Crippen LogP contribution in [0.1, 0.15) is 290 Å². The summed E-state index contributed by atoms with van der Waals surface area (Å²) in [6.45, 7) is 6.53. The number of carbonyl (C=O) groups is 3. The van der Waals surface area contributed by atoms with Gasteiger partial charge in [0.25, 0.3) is 0 Å². The van der Waals surface area contributed by atoms with Crippen LogP contribution in [-0.2, 0) is 28.6 Å². The average Bonchev–Trinajstić information content (AvgIpc) is 3.26. The minimum Gasteiger partial charge on any atom is -0.462 e. The highest BCUT2D eigenvalue weighted by Gasteiger charge is 2.19. The molecule has 358 valence electrons. The zero-order valence-corrected chi connectivity index (χ0v) is 40.9. The minimum absolute atomic E-state index is 0.0717. The summed E-state index contributed by atoms with van der Waals surface area (Å²) in [5, 5.41) is 0. The van der Waals surface area contributed by atoms with Gasteiger partial charge in [-0.05, 0) is 64.2 Å². The van der Waals surface area contributed by atoms with Crippen molar-refractivity contribution in [3.63, 3.8) is 0 Å². The Morgan fingerprint density at radius 1 is 0.311 bits per heavy atom. The SMILES string of the molecule is CCC/C=C\CCCCCCCC(=O)OC(COC(=O)CCCCCCCC)COC(=O)CCCCCCCCCCCCCCCCC/C=C\CCCCCCCCCC. The Kier molecular flexibility index (Phi) is 48.8. The highest BCUT2D eigenvalue weighted by atomic mass is 16.6. The lowest BCUT2D eigenvalue weighted by Crippen LogP contribution is -2.30. The smallest absolute Gasteiger partial charge is 0.306 e. The summed E-state index contributed by atoms with van der Waals surface area (Å²) in [6.07, 6.45) is 57.9. The fourth-order valence-corrected chi connectivity index (χ4v) is 7.85. The van der Waals surface area contributed by atoms with Gasteiger partial charge in [-0.3, -0.25) is 14.4 Å². The van der Waals surface area contributed by atoms with Crippen molar-refractivity contribution in [3.8, 4) is 0 Å². The molecule has 0 spiro atoms. The third-order valence-corrected chi connectivity index (χ3v) is 11.9. The van der Waals surface area contributed by atoms with Gasteiger partial charge in [0.1, 0.15) is 13.2 Å². The Labute approximate surface area is 379 Å². The van der Waals surface area contributed by atoms with Crippen molar-refractivity contribution in [2.75, 3.05) is 13.2 Å². The van der Waals surface area contributed by atoms with E-state index in [0.717, 1.165) is 77.0 Å². The molecule has 0 aromatic carbocycles. The van der Waals surface area contributed by atoms with E-state index in [1.807, 2.05) is 0 Å². The van der Waals surface area contributed by atoms with E-state index in [9.17, 15) is 14.4 Å². The van der Waals surface area contributed by atoms with Gasteiger partial charge in [-0.25, -0.2) is 0 Å². The fraction of sp³-hybridized carbons (Fsp3) is 0.873. The van der Waals surface area contributed by atoms with Gasteiger partial charge in [0, 0.05) is 19.3 Å². The summed E-state index contributed by atoms with van der Waals surface area (Å²) in [5.41, 5.74) is 0. The third kappa shape index (κ3) is 48.8. The summed E-state index contributed by atoms with van der Waals surface area (Å²) in [4.78, 5) is 37.6. The first kappa shape index (κ1) is 58.9. The molecule has 0 heterocycles. The summed E-state index contributed by atoms with van der Waals surface area (Å²) in [5.74, 6) is -0.883. The van der Waals surface area contributed by atoms with Gasteiger partial charge in [0.2, 0.25) is 0 Å². The van der Waals surface area contributed by atoms with Crippen LogP contribution in [0.4, 0.5) is 0 Å². The predicted octanol–water partition coefficient (Wildman–Crippen LogP) is 17.5. The number of hydrogen-bond acceptors (Lipinski definition) is 6. The number of allylic oxidation sites excluding steroid dienone is 4. The van der Waals surface area contributed by atoms with Crippen LogP contribution in [-0.4, -0.2) is 37.2 Å². The van der Waals surface area contributed by atoms with Gasteiger partial charge < -0.3 is 14.2 Å². The van der Waals surface area contributed by atoms with Crippen molar-refractivity contribution in [2.45, 2.75) is 297 Å². The number of unbranched alkanes of at least 4 members (excludes halogenated alkanes) is 34.